The molecule has 0 spiro atoms. The van der Waals surface area contributed by atoms with E-state index < -0.39 is 0 Å². The number of hydrogen-bond acceptors (Lipinski definition) is 2. The first-order valence-electron chi connectivity index (χ1n) is 4.71. The van der Waals surface area contributed by atoms with E-state index in [2.05, 4.69) is 24.1 Å². The van der Waals surface area contributed by atoms with Crippen LogP contribution in [0.2, 0.25) is 0 Å². The molecule has 0 saturated carbocycles. The van der Waals surface area contributed by atoms with Crippen LogP contribution in [-0.4, -0.2) is 6.54 Å². The molecule has 0 amide bonds. The zero-order valence-corrected chi connectivity index (χ0v) is 8.27. The molecule has 0 fully saturated rings. The van der Waals surface area contributed by atoms with Crippen molar-refractivity contribution >= 4 is 5.69 Å². The molecule has 0 aliphatic rings. The van der Waals surface area contributed by atoms with E-state index in [-0.39, 0.29) is 0 Å². The van der Waals surface area contributed by atoms with Crippen molar-refractivity contribution in [1.29, 1.82) is 0 Å². The highest BCUT2D eigenvalue weighted by molar-refractivity contribution is 5.34. The quantitative estimate of drug-likeness (QED) is 0.623. The van der Waals surface area contributed by atoms with Crippen molar-refractivity contribution in [1.82, 2.24) is 0 Å². The number of benzene rings is 1. The Balaban J connectivity index is 2.33. The second-order valence-corrected chi connectivity index (χ2v) is 3.48. The molecule has 0 unspecified atom stereocenters. The van der Waals surface area contributed by atoms with Crippen molar-refractivity contribution in [3.8, 4) is 0 Å². The minimum Gasteiger partial charge on any atom is -0.189 e. The normalized spacial score (nSPS) is 11.3. The van der Waals surface area contributed by atoms with Gasteiger partial charge < -0.3 is 0 Å². The molecule has 0 saturated heterocycles. The molecule has 70 valence electrons. The van der Waals surface area contributed by atoms with Gasteiger partial charge in [0.25, 0.3) is 0 Å². The highest BCUT2D eigenvalue weighted by atomic mass is 15.1. The third-order valence-corrected chi connectivity index (χ3v) is 1.75. The minimum absolute atomic E-state index is 0.703. The van der Waals surface area contributed by atoms with Gasteiger partial charge in [-0.3, -0.25) is 0 Å². The third-order valence-electron chi connectivity index (χ3n) is 1.75. The fraction of sp³-hybridized carbons (Fsp3) is 0.455. The van der Waals surface area contributed by atoms with Gasteiger partial charge in [0.15, 0.2) is 0 Å². The molecule has 0 radical (unpaired) electrons. The van der Waals surface area contributed by atoms with Gasteiger partial charge in [-0.2, -0.15) is 10.2 Å². The second kappa shape index (κ2) is 5.46. The Hall–Kier alpha value is -1.18. The van der Waals surface area contributed by atoms with Gasteiger partial charge in [0.05, 0.1) is 12.2 Å². The van der Waals surface area contributed by atoms with E-state index in [0.29, 0.717) is 5.92 Å². The van der Waals surface area contributed by atoms with Crippen LogP contribution < -0.4 is 0 Å². The summed E-state index contributed by atoms with van der Waals surface area (Å²) in [5.74, 6) is 0.703. The Kier molecular flexibility index (Phi) is 4.16. The summed E-state index contributed by atoms with van der Waals surface area (Å²) in [4.78, 5) is 0. The van der Waals surface area contributed by atoms with Gasteiger partial charge in [0, 0.05) is 0 Å². The molecule has 2 nitrogen and oxygen atoms in total. The average molecular weight is 176 g/mol. The van der Waals surface area contributed by atoms with Crippen LogP contribution in [0.3, 0.4) is 0 Å². The summed E-state index contributed by atoms with van der Waals surface area (Å²) in [6.45, 7) is 5.21. The van der Waals surface area contributed by atoms with Crippen LogP contribution in [-0.2, 0) is 0 Å². The van der Waals surface area contributed by atoms with Crippen LogP contribution in [0, 0.1) is 5.92 Å². The van der Waals surface area contributed by atoms with Crippen molar-refractivity contribution in [3.05, 3.63) is 30.3 Å². The third kappa shape index (κ3) is 4.41. The van der Waals surface area contributed by atoms with E-state index in [4.69, 9.17) is 0 Å². The molecule has 13 heavy (non-hydrogen) atoms. The maximum Gasteiger partial charge on any atom is 0.0852 e. The Labute approximate surface area is 79.7 Å². The van der Waals surface area contributed by atoms with Crippen molar-refractivity contribution in [2.45, 2.75) is 20.3 Å². The summed E-state index contributed by atoms with van der Waals surface area (Å²) in [6, 6.07) is 9.83. The van der Waals surface area contributed by atoms with Crippen LogP contribution in [0.15, 0.2) is 40.6 Å². The Morgan fingerprint density at radius 3 is 2.46 bits per heavy atom. The number of hydrogen-bond donors (Lipinski definition) is 0. The number of azo groups is 1. The molecule has 0 heterocycles. The Morgan fingerprint density at radius 1 is 1.15 bits per heavy atom. The molecule has 0 bridgehead atoms. The smallest absolute Gasteiger partial charge is 0.0852 e. The largest absolute Gasteiger partial charge is 0.189 e. The van der Waals surface area contributed by atoms with E-state index in [0.717, 1.165) is 18.7 Å². The van der Waals surface area contributed by atoms with Gasteiger partial charge >= 0.3 is 0 Å². The molecule has 0 aliphatic heterocycles. The van der Waals surface area contributed by atoms with Crippen LogP contribution in [0.5, 0.6) is 0 Å². The molecule has 0 atom stereocenters. The van der Waals surface area contributed by atoms with Crippen molar-refractivity contribution in [2.75, 3.05) is 6.54 Å². The van der Waals surface area contributed by atoms with Crippen molar-refractivity contribution < 1.29 is 0 Å². The first kappa shape index (κ1) is 9.90. The maximum absolute atomic E-state index is 4.11. The van der Waals surface area contributed by atoms with E-state index in [1.165, 1.54) is 0 Å². The van der Waals surface area contributed by atoms with E-state index in [1.807, 2.05) is 30.3 Å². The fourth-order valence-electron chi connectivity index (χ4n) is 0.942. The highest BCUT2D eigenvalue weighted by Crippen LogP contribution is 2.10. The van der Waals surface area contributed by atoms with Gasteiger partial charge in [0.2, 0.25) is 0 Å². The first-order valence-corrected chi connectivity index (χ1v) is 4.71. The van der Waals surface area contributed by atoms with Gasteiger partial charge in [0.1, 0.15) is 0 Å². The predicted molar refractivity (Wildman–Crippen MR) is 55.3 cm³/mol. The molecular weight excluding hydrogens is 160 g/mol. The molecule has 0 N–H and O–H groups in total. The summed E-state index contributed by atoms with van der Waals surface area (Å²) < 4.78 is 0. The first-order chi connectivity index (χ1) is 6.29. The summed E-state index contributed by atoms with van der Waals surface area (Å²) in [5, 5.41) is 8.21. The Morgan fingerprint density at radius 2 is 1.85 bits per heavy atom. The molecule has 1 rings (SSSR count). The highest BCUT2D eigenvalue weighted by Gasteiger charge is 1.90. The van der Waals surface area contributed by atoms with Gasteiger partial charge in [-0.15, -0.1) is 0 Å². The van der Waals surface area contributed by atoms with Crippen LogP contribution in [0.4, 0.5) is 5.69 Å². The van der Waals surface area contributed by atoms with Gasteiger partial charge in [-0.05, 0) is 24.5 Å². The van der Waals surface area contributed by atoms with Gasteiger partial charge in [-0.25, -0.2) is 0 Å². The van der Waals surface area contributed by atoms with E-state index in [9.17, 15) is 0 Å². The number of rotatable bonds is 4. The standard InChI is InChI=1S/C11H16N2/c1-10(2)8-9-12-13-11-6-4-3-5-7-11/h3-7,10H,8-9H2,1-2H3. The monoisotopic (exact) mass is 176 g/mol. The zero-order chi connectivity index (χ0) is 9.52. The Bertz CT molecular complexity index is 252. The lowest BCUT2D eigenvalue weighted by atomic mass is 10.1. The molecule has 1 aromatic rings. The van der Waals surface area contributed by atoms with Gasteiger partial charge in [-0.1, -0.05) is 32.0 Å². The summed E-state index contributed by atoms with van der Waals surface area (Å²) in [5.41, 5.74) is 0.936. The van der Waals surface area contributed by atoms with Crippen LogP contribution in [0.25, 0.3) is 0 Å². The second-order valence-electron chi connectivity index (χ2n) is 3.48. The van der Waals surface area contributed by atoms with E-state index >= 15 is 0 Å². The minimum atomic E-state index is 0.703. The molecule has 2 heteroatoms. The lowest BCUT2D eigenvalue weighted by Crippen LogP contribution is -1.88. The number of nitrogens with zero attached hydrogens (tertiary/aromatic N) is 2. The van der Waals surface area contributed by atoms with Crippen LogP contribution >= 0.6 is 0 Å². The molecule has 1 aromatic carbocycles. The lowest BCUT2D eigenvalue weighted by Gasteiger charge is -1.97. The maximum atomic E-state index is 4.11. The predicted octanol–water partition coefficient (Wildman–Crippen LogP) is 3.82. The summed E-state index contributed by atoms with van der Waals surface area (Å²) in [6.07, 6.45) is 1.11. The lowest BCUT2D eigenvalue weighted by molar-refractivity contribution is 0.589. The topological polar surface area (TPSA) is 24.7 Å². The summed E-state index contributed by atoms with van der Waals surface area (Å²) in [7, 11) is 0. The van der Waals surface area contributed by atoms with Crippen molar-refractivity contribution in [3.63, 3.8) is 0 Å². The SMILES string of the molecule is CC(C)CCN=Nc1ccccc1. The average Bonchev–Trinajstić information content (AvgIpc) is 2.14. The van der Waals surface area contributed by atoms with E-state index in [1.54, 1.807) is 0 Å². The molecular formula is C11H16N2. The molecule has 0 aliphatic carbocycles. The fourth-order valence-corrected chi connectivity index (χ4v) is 0.942. The molecule has 0 aromatic heterocycles. The zero-order valence-electron chi connectivity index (χ0n) is 8.27. The van der Waals surface area contributed by atoms with Crippen LogP contribution in [0.1, 0.15) is 20.3 Å². The van der Waals surface area contributed by atoms with Crippen molar-refractivity contribution in [2.24, 2.45) is 16.1 Å². The summed E-state index contributed by atoms with van der Waals surface area (Å²) >= 11 is 0.